The SMILES string of the molecule is CCC(C(=O)O)N1CCN(CCO)CC1. The molecule has 0 radical (unpaired) electrons. The summed E-state index contributed by atoms with van der Waals surface area (Å²) in [6, 6.07) is -0.346. The number of carboxylic acids is 1. The van der Waals surface area contributed by atoms with Crippen molar-refractivity contribution in [1.82, 2.24) is 9.80 Å². The molecule has 1 saturated heterocycles. The Labute approximate surface area is 90.3 Å². The molecular formula is C10H20N2O3. The summed E-state index contributed by atoms with van der Waals surface area (Å²) in [6.07, 6.45) is 0.648. The molecule has 0 aromatic rings. The van der Waals surface area contributed by atoms with Crippen molar-refractivity contribution in [1.29, 1.82) is 0 Å². The minimum absolute atomic E-state index is 0.177. The van der Waals surface area contributed by atoms with Crippen molar-refractivity contribution in [2.24, 2.45) is 0 Å². The third-order valence-electron chi connectivity index (χ3n) is 2.94. The van der Waals surface area contributed by atoms with Crippen molar-refractivity contribution in [2.75, 3.05) is 39.3 Å². The summed E-state index contributed by atoms with van der Waals surface area (Å²) in [4.78, 5) is 15.1. The normalized spacial score (nSPS) is 21.5. The number of aliphatic carboxylic acids is 1. The summed E-state index contributed by atoms with van der Waals surface area (Å²) in [5.74, 6) is -0.729. The van der Waals surface area contributed by atoms with Crippen LogP contribution in [0.5, 0.6) is 0 Å². The topological polar surface area (TPSA) is 64.0 Å². The molecule has 0 spiro atoms. The fourth-order valence-electron chi connectivity index (χ4n) is 2.03. The van der Waals surface area contributed by atoms with Gasteiger partial charge in [-0.05, 0) is 6.42 Å². The Balaban J connectivity index is 2.38. The number of aliphatic hydroxyl groups is 1. The minimum atomic E-state index is -0.729. The predicted molar refractivity (Wildman–Crippen MR) is 56.8 cm³/mol. The summed E-state index contributed by atoms with van der Waals surface area (Å²) < 4.78 is 0. The smallest absolute Gasteiger partial charge is 0.320 e. The van der Waals surface area contributed by atoms with Gasteiger partial charge in [-0.1, -0.05) is 6.92 Å². The summed E-state index contributed by atoms with van der Waals surface area (Å²) in [5.41, 5.74) is 0. The van der Waals surface area contributed by atoms with E-state index in [1.807, 2.05) is 11.8 Å². The Hall–Kier alpha value is -0.650. The van der Waals surface area contributed by atoms with Crippen LogP contribution in [0.2, 0.25) is 0 Å². The zero-order valence-electron chi connectivity index (χ0n) is 9.22. The van der Waals surface area contributed by atoms with E-state index in [0.717, 1.165) is 26.2 Å². The summed E-state index contributed by atoms with van der Waals surface area (Å²) in [6.45, 7) is 6.04. The molecule has 1 fully saturated rings. The Morgan fingerprint density at radius 2 is 1.93 bits per heavy atom. The number of piperazine rings is 1. The first kappa shape index (κ1) is 12.4. The molecule has 5 nitrogen and oxygen atoms in total. The van der Waals surface area contributed by atoms with Crippen molar-refractivity contribution < 1.29 is 15.0 Å². The molecule has 1 atom stereocenters. The second-order valence-electron chi connectivity index (χ2n) is 3.86. The lowest BCUT2D eigenvalue weighted by molar-refractivity contribution is -0.144. The van der Waals surface area contributed by atoms with Gasteiger partial charge < -0.3 is 10.2 Å². The maximum Gasteiger partial charge on any atom is 0.320 e. The van der Waals surface area contributed by atoms with Crippen LogP contribution >= 0.6 is 0 Å². The molecular weight excluding hydrogens is 196 g/mol. The number of carbonyl (C=O) groups is 1. The fraction of sp³-hybridized carbons (Fsp3) is 0.900. The highest BCUT2D eigenvalue weighted by atomic mass is 16.4. The predicted octanol–water partition coefficient (Wildman–Crippen LogP) is -0.540. The van der Waals surface area contributed by atoms with E-state index < -0.39 is 5.97 Å². The zero-order valence-corrected chi connectivity index (χ0v) is 9.22. The molecule has 2 N–H and O–H groups in total. The van der Waals surface area contributed by atoms with E-state index in [2.05, 4.69) is 4.90 Å². The van der Waals surface area contributed by atoms with Gasteiger partial charge in [-0.2, -0.15) is 0 Å². The van der Waals surface area contributed by atoms with Crippen LogP contribution in [0, 0.1) is 0 Å². The van der Waals surface area contributed by atoms with Crippen molar-refractivity contribution in [2.45, 2.75) is 19.4 Å². The minimum Gasteiger partial charge on any atom is -0.480 e. The first-order valence-electron chi connectivity index (χ1n) is 5.49. The summed E-state index contributed by atoms with van der Waals surface area (Å²) in [7, 11) is 0. The first-order chi connectivity index (χ1) is 7.19. The Kier molecular flexibility index (Phi) is 5.01. The highest BCUT2D eigenvalue weighted by Gasteiger charge is 2.26. The van der Waals surface area contributed by atoms with Gasteiger partial charge in [0.2, 0.25) is 0 Å². The van der Waals surface area contributed by atoms with E-state index in [1.54, 1.807) is 0 Å². The van der Waals surface area contributed by atoms with E-state index in [-0.39, 0.29) is 12.6 Å². The standard InChI is InChI=1S/C10H20N2O3/c1-2-9(10(14)15)12-5-3-11(4-6-12)7-8-13/h9,13H,2-8H2,1H3,(H,14,15). The van der Waals surface area contributed by atoms with E-state index in [4.69, 9.17) is 10.2 Å². The lowest BCUT2D eigenvalue weighted by Gasteiger charge is -2.37. The maximum absolute atomic E-state index is 10.9. The number of nitrogens with zero attached hydrogens (tertiary/aromatic N) is 2. The average molecular weight is 216 g/mol. The third kappa shape index (κ3) is 3.44. The number of hydrogen-bond acceptors (Lipinski definition) is 4. The van der Waals surface area contributed by atoms with Gasteiger partial charge in [0.25, 0.3) is 0 Å². The molecule has 5 heteroatoms. The van der Waals surface area contributed by atoms with Crippen LogP contribution in [-0.2, 0) is 4.79 Å². The van der Waals surface area contributed by atoms with Crippen molar-refractivity contribution in [3.8, 4) is 0 Å². The van der Waals surface area contributed by atoms with Gasteiger partial charge in [0, 0.05) is 32.7 Å². The monoisotopic (exact) mass is 216 g/mol. The lowest BCUT2D eigenvalue weighted by atomic mass is 10.1. The Morgan fingerprint density at radius 1 is 1.33 bits per heavy atom. The summed E-state index contributed by atoms with van der Waals surface area (Å²) >= 11 is 0. The van der Waals surface area contributed by atoms with Crippen LogP contribution in [0.4, 0.5) is 0 Å². The maximum atomic E-state index is 10.9. The van der Waals surface area contributed by atoms with Gasteiger partial charge >= 0.3 is 5.97 Å². The average Bonchev–Trinajstić information content (AvgIpc) is 2.21. The zero-order chi connectivity index (χ0) is 11.3. The second kappa shape index (κ2) is 6.05. The molecule has 1 aliphatic rings. The van der Waals surface area contributed by atoms with E-state index in [1.165, 1.54) is 0 Å². The van der Waals surface area contributed by atoms with Crippen molar-refractivity contribution in [3.63, 3.8) is 0 Å². The van der Waals surface area contributed by atoms with Gasteiger partial charge in [0.05, 0.1) is 6.61 Å². The van der Waals surface area contributed by atoms with Crippen molar-refractivity contribution in [3.05, 3.63) is 0 Å². The number of hydrogen-bond donors (Lipinski definition) is 2. The Morgan fingerprint density at radius 3 is 2.33 bits per heavy atom. The molecule has 1 heterocycles. The van der Waals surface area contributed by atoms with Crippen LogP contribution in [0.15, 0.2) is 0 Å². The van der Waals surface area contributed by atoms with Crippen molar-refractivity contribution >= 4 is 5.97 Å². The van der Waals surface area contributed by atoms with Gasteiger partial charge in [-0.3, -0.25) is 14.6 Å². The highest BCUT2D eigenvalue weighted by molar-refractivity contribution is 5.73. The number of β-amino-alcohol motifs (C(OH)–C–C–N with tert-alkyl or cyclic N) is 1. The molecule has 0 aliphatic carbocycles. The number of carboxylic acid groups (broad SMARTS) is 1. The Bertz CT molecular complexity index is 203. The molecule has 15 heavy (non-hydrogen) atoms. The van der Waals surface area contributed by atoms with E-state index in [0.29, 0.717) is 13.0 Å². The van der Waals surface area contributed by atoms with E-state index in [9.17, 15) is 4.79 Å². The molecule has 0 aromatic heterocycles. The summed E-state index contributed by atoms with van der Waals surface area (Å²) in [5, 5.41) is 17.8. The third-order valence-corrected chi connectivity index (χ3v) is 2.94. The van der Waals surface area contributed by atoms with Crippen LogP contribution in [0.25, 0.3) is 0 Å². The van der Waals surface area contributed by atoms with Crippen LogP contribution in [-0.4, -0.2) is 71.4 Å². The van der Waals surface area contributed by atoms with Gasteiger partial charge in [-0.15, -0.1) is 0 Å². The van der Waals surface area contributed by atoms with Crippen LogP contribution in [0.1, 0.15) is 13.3 Å². The highest BCUT2D eigenvalue weighted by Crippen LogP contribution is 2.09. The molecule has 88 valence electrons. The van der Waals surface area contributed by atoms with Gasteiger partial charge in [0.1, 0.15) is 6.04 Å². The first-order valence-corrected chi connectivity index (χ1v) is 5.49. The quantitative estimate of drug-likeness (QED) is 0.646. The van der Waals surface area contributed by atoms with E-state index >= 15 is 0 Å². The molecule has 0 aromatic carbocycles. The molecule has 1 unspecified atom stereocenters. The molecule has 0 amide bonds. The number of aliphatic hydroxyl groups excluding tert-OH is 1. The molecule has 0 bridgehead atoms. The lowest BCUT2D eigenvalue weighted by Crippen LogP contribution is -2.52. The molecule has 0 saturated carbocycles. The molecule has 1 aliphatic heterocycles. The van der Waals surface area contributed by atoms with Crippen LogP contribution < -0.4 is 0 Å². The molecule has 1 rings (SSSR count). The largest absolute Gasteiger partial charge is 0.480 e. The fourth-order valence-corrected chi connectivity index (χ4v) is 2.03. The number of rotatable bonds is 5. The van der Waals surface area contributed by atoms with Gasteiger partial charge in [-0.25, -0.2) is 0 Å². The second-order valence-corrected chi connectivity index (χ2v) is 3.86. The van der Waals surface area contributed by atoms with Crippen LogP contribution in [0.3, 0.4) is 0 Å². The van der Waals surface area contributed by atoms with Gasteiger partial charge in [0.15, 0.2) is 0 Å².